The molecule has 0 saturated heterocycles. The van der Waals surface area contributed by atoms with Crippen LogP contribution in [0, 0.1) is 0 Å². The molecule has 0 aliphatic rings. The summed E-state index contributed by atoms with van der Waals surface area (Å²) < 4.78 is 8.27. The summed E-state index contributed by atoms with van der Waals surface area (Å²) in [4.78, 5) is 16.6. The Morgan fingerprint density at radius 1 is 1.03 bits per heavy atom. The van der Waals surface area contributed by atoms with Crippen LogP contribution in [0.1, 0.15) is 32.0 Å². The Morgan fingerprint density at radius 3 is 2.71 bits per heavy atom. The average molecular weight is 416 g/mol. The lowest BCUT2D eigenvalue weighted by molar-refractivity contribution is -0.121. The lowest BCUT2D eigenvalue weighted by atomic mass is 10.1. The highest BCUT2D eigenvalue weighted by Crippen LogP contribution is 2.21. The van der Waals surface area contributed by atoms with Crippen LogP contribution in [0.2, 0.25) is 0 Å². The zero-order chi connectivity index (χ0) is 21.5. The first-order chi connectivity index (χ1) is 15.2. The number of aryl methyl sites for hydroxylation is 1. The lowest BCUT2D eigenvalue weighted by Crippen LogP contribution is -2.26. The number of hydrogen-bond acceptors (Lipinski definition) is 3. The van der Waals surface area contributed by atoms with Crippen molar-refractivity contribution >= 4 is 27.7 Å². The Labute approximate surface area is 183 Å². The van der Waals surface area contributed by atoms with Gasteiger partial charge in [0.2, 0.25) is 5.91 Å². The van der Waals surface area contributed by atoms with Crippen LogP contribution in [0.25, 0.3) is 21.8 Å². The van der Waals surface area contributed by atoms with Gasteiger partial charge in [0.15, 0.2) is 0 Å². The fraction of sp³-hybridized carbons (Fsp3) is 0.308. The van der Waals surface area contributed by atoms with E-state index in [9.17, 15) is 4.79 Å². The van der Waals surface area contributed by atoms with Crippen LogP contribution in [0.3, 0.4) is 0 Å². The molecule has 1 N–H and O–H groups in total. The first kappa shape index (κ1) is 20.9. The van der Waals surface area contributed by atoms with Gasteiger partial charge in [0, 0.05) is 25.9 Å². The van der Waals surface area contributed by atoms with Crippen LogP contribution in [-0.4, -0.2) is 28.6 Å². The summed E-state index contributed by atoms with van der Waals surface area (Å²) in [5, 5.41) is 5.40. The van der Waals surface area contributed by atoms with Crippen molar-refractivity contribution in [2.24, 2.45) is 0 Å². The third kappa shape index (κ3) is 5.23. The van der Waals surface area contributed by atoms with Crippen molar-refractivity contribution in [2.75, 3.05) is 13.2 Å². The van der Waals surface area contributed by atoms with Crippen molar-refractivity contribution in [3.05, 3.63) is 72.6 Å². The third-order valence-electron chi connectivity index (χ3n) is 5.40. The molecule has 0 unspecified atom stereocenters. The van der Waals surface area contributed by atoms with Gasteiger partial charge in [-0.2, -0.15) is 0 Å². The second kappa shape index (κ2) is 10.1. The van der Waals surface area contributed by atoms with E-state index in [0.29, 0.717) is 19.6 Å². The molecule has 1 aromatic heterocycles. The molecule has 3 aromatic carbocycles. The number of amides is 1. The average Bonchev–Trinajstić information content (AvgIpc) is 3.14. The summed E-state index contributed by atoms with van der Waals surface area (Å²) in [6.45, 7) is 4.08. The highest BCUT2D eigenvalue weighted by Gasteiger charge is 2.11. The molecule has 1 amide bonds. The number of para-hydroxylation sites is 2. The highest BCUT2D eigenvalue weighted by molar-refractivity contribution is 5.83. The van der Waals surface area contributed by atoms with E-state index < -0.39 is 0 Å². The molecule has 4 rings (SSSR count). The lowest BCUT2D eigenvalue weighted by Gasteiger charge is -2.11. The predicted octanol–water partition coefficient (Wildman–Crippen LogP) is 5.12. The molecule has 0 spiro atoms. The van der Waals surface area contributed by atoms with Crippen molar-refractivity contribution in [1.82, 2.24) is 14.9 Å². The van der Waals surface area contributed by atoms with Crippen LogP contribution in [0.4, 0.5) is 0 Å². The first-order valence-electron chi connectivity index (χ1n) is 11.1. The SMILES string of the molecule is CCCC(=O)NCCc1nc2ccccc2n1CCCOc1ccc2ccccc2c1. The summed E-state index contributed by atoms with van der Waals surface area (Å²) in [6.07, 6.45) is 3.03. The maximum absolute atomic E-state index is 11.8. The molecule has 5 nitrogen and oxygen atoms in total. The van der Waals surface area contributed by atoms with Crippen LogP contribution < -0.4 is 10.1 Å². The van der Waals surface area contributed by atoms with Crippen LogP contribution in [0.15, 0.2) is 66.7 Å². The Bertz CT molecular complexity index is 1170. The van der Waals surface area contributed by atoms with Crippen LogP contribution >= 0.6 is 0 Å². The molecule has 31 heavy (non-hydrogen) atoms. The van der Waals surface area contributed by atoms with Gasteiger partial charge in [-0.25, -0.2) is 4.98 Å². The molecule has 0 atom stereocenters. The quantitative estimate of drug-likeness (QED) is 0.366. The number of imidazole rings is 1. The van der Waals surface area contributed by atoms with Gasteiger partial charge in [-0.05, 0) is 47.9 Å². The van der Waals surface area contributed by atoms with Gasteiger partial charge in [-0.3, -0.25) is 4.79 Å². The van der Waals surface area contributed by atoms with Gasteiger partial charge >= 0.3 is 0 Å². The second-order valence-corrected chi connectivity index (χ2v) is 7.73. The number of benzene rings is 3. The number of aromatic nitrogens is 2. The van der Waals surface area contributed by atoms with Crippen molar-refractivity contribution in [1.29, 1.82) is 0 Å². The number of carbonyl (C=O) groups excluding carboxylic acids is 1. The summed E-state index contributed by atoms with van der Waals surface area (Å²) in [5.41, 5.74) is 2.12. The van der Waals surface area contributed by atoms with E-state index in [1.54, 1.807) is 0 Å². The maximum atomic E-state index is 11.8. The molecular weight excluding hydrogens is 386 g/mol. The fourth-order valence-electron chi connectivity index (χ4n) is 3.86. The molecule has 4 aromatic rings. The summed E-state index contributed by atoms with van der Waals surface area (Å²) in [5.74, 6) is 2.01. The van der Waals surface area contributed by atoms with E-state index in [0.717, 1.165) is 48.4 Å². The molecule has 0 aliphatic heterocycles. The monoisotopic (exact) mass is 415 g/mol. The van der Waals surface area contributed by atoms with E-state index in [4.69, 9.17) is 9.72 Å². The normalized spacial score (nSPS) is 11.1. The predicted molar refractivity (Wildman–Crippen MR) is 125 cm³/mol. The van der Waals surface area contributed by atoms with E-state index in [1.807, 2.05) is 43.3 Å². The molecular formula is C26H29N3O2. The third-order valence-corrected chi connectivity index (χ3v) is 5.40. The summed E-state index contributed by atoms with van der Waals surface area (Å²) >= 11 is 0. The Hall–Kier alpha value is -3.34. The molecule has 0 aliphatic carbocycles. The minimum Gasteiger partial charge on any atom is -0.494 e. The smallest absolute Gasteiger partial charge is 0.219 e. The molecule has 1 heterocycles. The van der Waals surface area contributed by atoms with Crippen molar-refractivity contribution in [2.45, 2.75) is 39.2 Å². The topological polar surface area (TPSA) is 56.2 Å². The van der Waals surface area contributed by atoms with E-state index >= 15 is 0 Å². The van der Waals surface area contributed by atoms with Gasteiger partial charge in [0.05, 0.1) is 17.6 Å². The Balaban J connectivity index is 1.37. The fourth-order valence-corrected chi connectivity index (χ4v) is 3.86. The number of nitrogens with one attached hydrogen (secondary N) is 1. The van der Waals surface area contributed by atoms with Crippen LogP contribution in [0.5, 0.6) is 5.75 Å². The number of fused-ring (bicyclic) bond motifs is 2. The van der Waals surface area contributed by atoms with E-state index in [1.165, 1.54) is 10.8 Å². The molecule has 0 saturated carbocycles. The zero-order valence-corrected chi connectivity index (χ0v) is 18.0. The highest BCUT2D eigenvalue weighted by atomic mass is 16.5. The molecule has 0 fully saturated rings. The second-order valence-electron chi connectivity index (χ2n) is 7.73. The number of nitrogens with zero attached hydrogens (tertiary/aromatic N) is 2. The van der Waals surface area contributed by atoms with E-state index in [2.05, 4.69) is 40.2 Å². The summed E-state index contributed by atoms with van der Waals surface area (Å²) in [7, 11) is 0. The molecule has 0 radical (unpaired) electrons. The van der Waals surface area contributed by atoms with Crippen molar-refractivity contribution < 1.29 is 9.53 Å². The maximum Gasteiger partial charge on any atom is 0.219 e. The van der Waals surface area contributed by atoms with Gasteiger partial charge < -0.3 is 14.6 Å². The Morgan fingerprint density at radius 2 is 1.84 bits per heavy atom. The van der Waals surface area contributed by atoms with Gasteiger partial charge in [0.25, 0.3) is 0 Å². The van der Waals surface area contributed by atoms with Crippen LogP contribution in [-0.2, 0) is 17.8 Å². The van der Waals surface area contributed by atoms with Gasteiger partial charge in [-0.1, -0.05) is 49.4 Å². The first-order valence-corrected chi connectivity index (χ1v) is 11.1. The van der Waals surface area contributed by atoms with Crippen molar-refractivity contribution in [3.8, 4) is 5.75 Å². The zero-order valence-electron chi connectivity index (χ0n) is 18.0. The molecule has 0 bridgehead atoms. The number of hydrogen-bond donors (Lipinski definition) is 1. The van der Waals surface area contributed by atoms with E-state index in [-0.39, 0.29) is 5.91 Å². The Kier molecular flexibility index (Phi) is 6.82. The number of carbonyl (C=O) groups is 1. The standard InChI is InChI=1S/C26H29N3O2/c1-2-8-26(30)27-16-15-25-28-23-11-5-6-12-24(23)29(25)17-7-18-31-22-14-13-20-9-3-4-10-21(20)19-22/h3-6,9-14,19H,2,7-8,15-18H2,1H3,(H,27,30). The minimum absolute atomic E-state index is 0.106. The molecule has 5 heteroatoms. The summed E-state index contributed by atoms with van der Waals surface area (Å²) in [6, 6.07) is 22.7. The van der Waals surface area contributed by atoms with Crippen molar-refractivity contribution in [3.63, 3.8) is 0 Å². The van der Waals surface area contributed by atoms with Gasteiger partial charge in [0.1, 0.15) is 11.6 Å². The van der Waals surface area contributed by atoms with Gasteiger partial charge in [-0.15, -0.1) is 0 Å². The molecule has 160 valence electrons. The minimum atomic E-state index is 0.106. The number of ether oxygens (including phenoxy) is 1. The largest absolute Gasteiger partial charge is 0.494 e. The number of rotatable bonds is 10.